The first-order valence-electron chi connectivity index (χ1n) is 16.0. The number of hydrogen-bond acceptors (Lipinski definition) is 5. The molecule has 1 heterocycles. The average molecular weight is 556 g/mol. The minimum atomic E-state index is -0.481. The highest BCUT2D eigenvalue weighted by atomic mass is 16.5. The van der Waals surface area contributed by atoms with E-state index >= 15 is 0 Å². The van der Waals surface area contributed by atoms with Gasteiger partial charge in [0, 0.05) is 30.8 Å². The van der Waals surface area contributed by atoms with Gasteiger partial charge in [-0.3, -0.25) is 9.59 Å². The molecule has 0 aliphatic carbocycles. The summed E-state index contributed by atoms with van der Waals surface area (Å²) in [4.78, 5) is 37.7. The fraction of sp³-hybridized carbons (Fsp3) is 0.676. The molecule has 2 rings (SSSR count). The highest BCUT2D eigenvalue weighted by molar-refractivity contribution is 6.15. The number of aryl methyl sites for hydroxylation is 1. The van der Waals surface area contributed by atoms with Crippen molar-refractivity contribution in [1.29, 1.82) is 0 Å². The van der Waals surface area contributed by atoms with Gasteiger partial charge < -0.3 is 14.0 Å². The van der Waals surface area contributed by atoms with E-state index in [2.05, 4.69) is 6.92 Å². The average Bonchev–Trinajstić information content (AvgIpc) is 3.27. The molecule has 0 aliphatic rings. The molecule has 0 radical (unpaired) electrons. The van der Waals surface area contributed by atoms with Crippen LogP contribution in [0.2, 0.25) is 0 Å². The number of para-hydroxylation sites is 1. The number of ether oxygens (including phenoxy) is 2. The standard InChI is InChI=1S/C34H53NO5/c1-4-6-7-8-9-10-11-12-13-14-15-16-17-18-19-25-31(37)32-29-23-20-21-24-30(29)35(26-22-27-40-28(3)36)33(32)34(38)39-5-2/h20-21,23-24H,4-19,22,25-27H2,1-3H3. The Morgan fingerprint density at radius 2 is 1.25 bits per heavy atom. The van der Waals surface area contributed by atoms with Crippen LogP contribution in [0.4, 0.5) is 0 Å². The third-order valence-electron chi connectivity index (χ3n) is 7.56. The molecular formula is C34H53NO5. The van der Waals surface area contributed by atoms with Gasteiger partial charge in [0.25, 0.3) is 0 Å². The number of Topliss-reactive ketones (excluding diaryl/α,β-unsaturated/α-hetero) is 1. The molecule has 0 amide bonds. The van der Waals surface area contributed by atoms with Gasteiger partial charge in [0.05, 0.1) is 18.8 Å². The zero-order chi connectivity index (χ0) is 29.0. The lowest BCUT2D eigenvalue weighted by molar-refractivity contribution is -0.141. The number of carbonyl (C=O) groups excluding carboxylic acids is 3. The molecule has 0 bridgehead atoms. The van der Waals surface area contributed by atoms with E-state index in [4.69, 9.17) is 9.47 Å². The Labute approximate surface area is 242 Å². The SMILES string of the molecule is CCCCCCCCCCCCCCCCCC(=O)c1c(C(=O)OCC)n(CCCOC(C)=O)c2ccccc12. The minimum absolute atomic E-state index is 0.00677. The fourth-order valence-corrected chi connectivity index (χ4v) is 5.45. The second kappa shape index (κ2) is 20.3. The third-order valence-corrected chi connectivity index (χ3v) is 7.56. The van der Waals surface area contributed by atoms with Gasteiger partial charge >= 0.3 is 11.9 Å². The van der Waals surface area contributed by atoms with Gasteiger partial charge in [0.1, 0.15) is 5.69 Å². The number of ketones is 1. The van der Waals surface area contributed by atoms with Gasteiger partial charge in [-0.1, -0.05) is 115 Å². The summed E-state index contributed by atoms with van der Waals surface area (Å²) in [6, 6.07) is 7.63. The highest BCUT2D eigenvalue weighted by Gasteiger charge is 2.27. The monoisotopic (exact) mass is 555 g/mol. The molecule has 0 aliphatic heterocycles. The van der Waals surface area contributed by atoms with E-state index < -0.39 is 5.97 Å². The summed E-state index contributed by atoms with van der Waals surface area (Å²) in [5, 5.41) is 0.781. The predicted octanol–water partition coefficient (Wildman–Crippen LogP) is 9.22. The summed E-state index contributed by atoms with van der Waals surface area (Å²) < 4.78 is 12.3. The van der Waals surface area contributed by atoms with Crippen LogP contribution < -0.4 is 0 Å². The second-order valence-corrected chi connectivity index (χ2v) is 10.9. The van der Waals surface area contributed by atoms with Gasteiger partial charge in [-0.15, -0.1) is 0 Å². The number of carbonyl (C=O) groups is 3. The van der Waals surface area contributed by atoms with E-state index in [0.717, 1.165) is 30.2 Å². The van der Waals surface area contributed by atoms with Crippen molar-refractivity contribution in [1.82, 2.24) is 4.57 Å². The molecular weight excluding hydrogens is 502 g/mol. The van der Waals surface area contributed by atoms with Crippen LogP contribution in [0.25, 0.3) is 10.9 Å². The normalized spacial score (nSPS) is 11.2. The zero-order valence-electron chi connectivity index (χ0n) is 25.4. The Hall–Kier alpha value is -2.63. The quantitative estimate of drug-likeness (QED) is 0.0776. The van der Waals surface area contributed by atoms with Crippen LogP contribution >= 0.6 is 0 Å². The van der Waals surface area contributed by atoms with E-state index in [-0.39, 0.29) is 25.0 Å². The van der Waals surface area contributed by atoms with Crippen molar-refractivity contribution < 1.29 is 23.9 Å². The van der Waals surface area contributed by atoms with Gasteiger partial charge in [-0.05, 0) is 25.8 Å². The van der Waals surface area contributed by atoms with Crippen molar-refractivity contribution >= 4 is 28.6 Å². The van der Waals surface area contributed by atoms with Gasteiger partial charge in [0.2, 0.25) is 0 Å². The first-order chi connectivity index (χ1) is 19.5. The summed E-state index contributed by atoms with van der Waals surface area (Å²) in [5.41, 5.74) is 1.61. The maximum Gasteiger partial charge on any atom is 0.355 e. The maximum atomic E-state index is 13.5. The van der Waals surface area contributed by atoms with E-state index in [1.807, 2.05) is 28.8 Å². The van der Waals surface area contributed by atoms with Crippen LogP contribution in [0, 0.1) is 0 Å². The van der Waals surface area contributed by atoms with Crippen LogP contribution in [0.3, 0.4) is 0 Å². The van der Waals surface area contributed by atoms with Crippen molar-refractivity contribution in [3.8, 4) is 0 Å². The van der Waals surface area contributed by atoms with E-state index in [9.17, 15) is 14.4 Å². The molecule has 0 fully saturated rings. The van der Waals surface area contributed by atoms with E-state index in [1.165, 1.54) is 84.0 Å². The molecule has 6 nitrogen and oxygen atoms in total. The predicted molar refractivity (Wildman–Crippen MR) is 163 cm³/mol. The number of benzene rings is 1. The number of aromatic nitrogens is 1. The number of nitrogens with zero attached hydrogens (tertiary/aromatic N) is 1. The number of rotatable bonds is 23. The molecule has 224 valence electrons. The molecule has 0 atom stereocenters. The molecule has 2 aromatic rings. The van der Waals surface area contributed by atoms with Crippen LogP contribution in [0.5, 0.6) is 0 Å². The Balaban J connectivity index is 1.82. The Bertz CT molecular complexity index is 1020. The lowest BCUT2D eigenvalue weighted by Gasteiger charge is -2.11. The molecule has 0 unspecified atom stereocenters. The summed E-state index contributed by atoms with van der Waals surface area (Å²) in [6.07, 6.45) is 20.2. The van der Waals surface area contributed by atoms with E-state index in [1.54, 1.807) is 6.92 Å². The minimum Gasteiger partial charge on any atom is -0.466 e. The Kier molecular flexibility index (Phi) is 17.0. The fourth-order valence-electron chi connectivity index (χ4n) is 5.45. The Morgan fingerprint density at radius 1 is 0.700 bits per heavy atom. The van der Waals surface area contributed by atoms with Gasteiger partial charge in [-0.25, -0.2) is 4.79 Å². The molecule has 0 saturated heterocycles. The molecule has 1 aromatic heterocycles. The molecule has 0 N–H and O–H groups in total. The maximum absolute atomic E-state index is 13.5. The lowest BCUT2D eigenvalue weighted by atomic mass is 10.00. The molecule has 0 spiro atoms. The number of fused-ring (bicyclic) bond motifs is 1. The van der Waals surface area contributed by atoms with Crippen LogP contribution in [0.15, 0.2) is 24.3 Å². The number of esters is 2. The highest BCUT2D eigenvalue weighted by Crippen LogP contribution is 2.29. The van der Waals surface area contributed by atoms with Crippen molar-refractivity contribution in [3.63, 3.8) is 0 Å². The zero-order valence-corrected chi connectivity index (χ0v) is 25.4. The van der Waals surface area contributed by atoms with Crippen molar-refractivity contribution in [2.45, 2.75) is 136 Å². The Morgan fingerprint density at radius 3 is 1.80 bits per heavy atom. The van der Waals surface area contributed by atoms with Crippen LogP contribution in [0.1, 0.15) is 151 Å². The van der Waals surface area contributed by atoms with Crippen molar-refractivity contribution in [2.24, 2.45) is 0 Å². The van der Waals surface area contributed by atoms with Crippen molar-refractivity contribution in [2.75, 3.05) is 13.2 Å². The largest absolute Gasteiger partial charge is 0.466 e. The van der Waals surface area contributed by atoms with Gasteiger partial charge in [0.15, 0.2) is 5.78 Å². The van der Waals surface area contributed by atoms with Crippen LogP contribution in [-0.4, -0.2) is 35.5 Å². The smallest absolute Gasteiger partial charge is 0.355 e. The van der Waals surface area contributed by atoms with Gasteiger partial charge in [-0.2, -0.15) is 0 Å². The van der Waals surface area contributed by atoms with Crippen LogP contribution in [-0.2, 0) is 20.8 Å². The topological polar surface area (TPSA) is 74.6 Å². The lowest BCUT2D eigenvalue weighted by Crippen LogP contribution is -2.17. The second-order valence-electron chi connectivity index (χ2n) is 10.9. The third kappa shape index (κ3) is 11.9. The molecule has 40 heavy (non-hydrogen) atoms. The number of unbranched alkanes of at least 4 members (excludes halogenated alkanes) is 14. The first kappa shape index (κ1) is 33.6. The summed E-state index contributed by atoms with van der Waals surface area (Å²) >= 11 is 0. The summed E-state index contributed by atoms with van der Waals surface area (Å²) in [6.45, 7) is 6.36. The van der Waals surface area contributed by atoms with E-state index in [0.29, 0.717) is 30.6 Å². The molecule has 6 heteroatoms. The summed E-state index contributed by atoms with van der Waals surface area (Å²) in [7, 11) is 0. The summed E-state index contributed by atoms with van der Waals surface area (Å²) in [5.74, 6) is -0.818. The molecule has 1 aromatic carbocycles. The first-order valence-corrected chi connectivity index (χ1v) is 16.0. The molecule has 0 saturated carbocycles. The van der Waals surface area contributed by atoms with Crippen molar-refractivity contribution in [3.05, 3.63) is 35.5 Å². The number of hydrogen-bond donors (Lipinski definition) is 0.